The van der Waals surface area contributed by atoms with Gasteiger partial charge in [0.15, 0.2) is 0 Å². The Labute approximate surface area is 257 Å². The van der Waals surface area contributed by atoms with E-state index in [2.05, 4.69) is 92.3 Å². The molecule has 6 rings (SSSR count). The molecule has 0 aliphatic carbocycles. The van der Waals surface area contributed by atoms with Crippen LogP contribution in [0.4, 0.5) is 28.8 Å². The maximum absolute atomic E-state index is 6.25. The second kappa shape index (κ2) is 11.9. The van der Waals surface area contributed by atoms with Gasteiger partial charge in [-0.25, -0.2) is 4.98 Å². The summed E-state index contributed by atoms with van der Waals surface area (Å²) < 4.78 is 12.9. The molecule has 2 fully saturated rings. The Hall–Kier alpha value is -3.08. The van der Waals surface area contributed by atoms with Crippen LogP contribution in [0.15, 0.2) is 41.0 Å². The van der Waals surface area contributed by atoms with Gasteiger partial charge in [0.1, 0.15) is 22.9 Å². The SMILES string of the molecule is COc1cc(N2CCC(N3CCN(C)CC3)CC2)c(C)cc1Nc1ncc(Br)c(Nc2cccc3c2OC(C)(C)C3)n1. The average Bonchev–Trinajstić information content (AvgIpc) is 3.30. The molecule has 3 aliphatic heterocycles. The third-order valence-corrected chi connectivity index (χ3v) is 9.29. The fourth-order valence-electron chi connectivity index (χ4n) is 6.42. The van der Waals surface area contributed by atoms with Gasteiger partial charge in [0.25, 0.3) is 0 Å². The van der Waals surface area contributed by atoms with Crippen LogP contribution in [0, 0.1) is 6.92 Å². The van der Waals surface area contributed by atoms with Crippen molar-refractivity contribution in [3.8, 4) is 11.5 Å². The lowest BCUT2D eigenvalue weighted by molar-refractivity contribution is 0.0982. The number of hydrogen-bond donors (Lipinski definition) is 2. The number of piperazine rings is 1. The normalized spacial score (nSPS) is 19.3. The first kappa shape index (κ1) is 29.0. The number of aromatic nitrogens is 2. The Morgan fingerprint density at radius 1 is 1.02 bits per heavy atom. The van der Waals surface area contributed by atoms with Crippen LogP contribution >= 0.6 is 15.9 Å². The van der Waals surface area contributed by atoms with Crippen molar-refractivity contribution in [1.82, 2.24) is 19.8 Å². The Bertz CT molecular complexity index is 1430. The Morgan fingerprint density at radius 2 is 1.79 bits per heavy atom. The van der Waals surface area contributed by atoms with Crippen molar-refractivity contribution in [3.63, 3.8) is 0 Å². The van der Waals surface area contributed by atoms with Crippen LogP contribution in [0.25, 0.3) is 0 Å². The van der Waals surface area contributed by atoms with Crippen molar-refractivity contribution < 1.29 is 9.47 Å². The molecule has 3 aliphatic rings. The van der Waals surface area contributed by atoms with Gasteiger partial charge in [-0.1, -0.05) is 12.1 Å². The van der Waals surface area contributed by atoms with Crippen LogP contribution in [0.1, 0.15) is 37.8 Å². The van der Waals surface area contributed by atoms with Gasteiger partial charge in [-0.3, -0.25) is 4.90 Å². The molecular weight excluding hydrogens is 594 g/mol. The summed E-state index contributed by atoms with van der Waals surface area (Å²) in [5, 5.41) is 6.85. The molecule has 0 atom stereocenters. The van der Waals surface area contributed by atoms with Crippen molar-refractivity contribution in [2.24, 2.45) is 0 Å². The summed E-state index contributed by atoms with van der Waals surface area (Å²) >= 11 is 3.61. The van der Waals surface area contributed by atoms with Gasteiger partial charge in [-0.15, -0.1) is 0 Å². The lowest BCUT2D eigenvalue weighted by atomic mass is 10.0. The van der Waals surface area contributed by atoms with Gasteiger partial charge in [0.2, 0.25) is 5.95 Å². The summed E-state index contributed by atoms with van der Waals surface area (Å²) in [7, 11) is 3.94. The van der Waals surface area contributed by atoms with E-state index >= 15 is 0 Å². The molecule has 0 spiro atoms. The fourth-order valence-corrected chi connectivity index (χ4v) is 6.71. The number of ether oxygens (including phenoxy) is 2. The highest BCUT2D eigenvalue weighted by Crippen LogP contribution is 2.42. The van der Waals surface area contributed by atoms with E-state index < -0.39 is 0 Å². The molecule has 9 nitrogen and oxygen atoms in total. The third-order valence-electron chi connectivity index (χ3n) is 8.71. The molecule has 2 aromatic carbocycles. The number of aryl methyl sites for hydroxylation is 1. The highest BCUT2D eigenvalue weighted by atomic mass is 79.9. The number of methoxy groups -OCH3 is 1. The van der Waals surface area contributed by atoms with E-state index in [1.54, 1.807) is 13.3 Å². The van der Waals surface area contributed by atoms with Crippen molar-refractivity contribution in [2.75, 3.05) is 69.0 Å². The molecule has 0 amide bonds. The van der Waals surface area contributed by atoms with Crippen molar-refractivity contribution in [3.05, 3.63) is 52.1 Å². The molecule has 42 heavy (non-hydrogen) atoms. The van der Waals surface area contributed by atoms with Crippen molar-refractivity contribution >= 4 is 44.8 Å². The summed E-state index contributed by atoms with van der Waals surface area (Å²) in [5.74, 6) is 2.79. The minimum atomic E-state index is -0.225. The van der Waals surface area contributed by atoms with E-state index in [4.69, 9.17) is 14.5 Å². The topological polar surface area (TPSA) is 78.0 Å². The molecule has 1 aromatic heterocycles. The lowest BCUT2D eigenvalue weighted by Crippen LogP contribution is -2.52. The van der Waals surface area contributed by atoms with Gasteiger partial charge in [-0.05, 0) is 74.3 Å². The quantitative estimate of drug-likeness (QED) is 0.326. The van der Waals surface area contributed by atoms with E-state index in [9.17, 15) is 0 Å². The minimum absolute atomic E-state index is 0.225. The number of para-hydroxylation sites is 1. The van der Waals surface area contributed by atoms with Gasteiger partial charge in [0, 0.05) is 75.2 Å². The van der Waals surface area contributed by atoms with Gasteiger partial charge in [-0.2, -0.15) is 4.98 Å². The van der Waals surface area contributed by atoms with Gasteiger partial charge < -0.3 is 29.9 Å². The maximum atomic E-state index is 6.25. The molecule has 2 N–H and O–H groups in total. The summed E-state index contributed by atoms with van der Waals surface area (Å²) in [6.07, 6.45) is 5.02. The minimum Gasteiger partial charge on any atom is -0.494 e. The predicted molar refractivity (Wildman–Crippen MR) is 173 cm³/mol. The number of halogens is 1. The van der Waals surface area contributed by atoms with Crippen LogP contribution < -0.4 is 25.0 Å². The second-order valence-electron chi connectivity index (χ2n) is 12.4. The smallest absolute Gasteiger partial charge is 0.229 e. The van der Waals surface area contributed by atoms with Gasteiger partial charge in [0.05, 0.1) is 23.0 Å². The highest BCUT2D eigenvalue weighted by Gasteiger charge is 2.32. The summed E-state index contributed by atoms with van der Waals surface area (Å²) in [6.45, 7) is 13.2. The lowest BCUT2D eigenvalue weighted by Gasteiger charge is -2.43. The summed E-state index contributed by atoms with van der Waals surface area (Å²) in [6, 6.07) is 11.2. The molecule has 2 saturated heterocycles. The van der Waals surface area contributed by atoms with E-state index in [1.807, 2.05) is 12.1 Å². The van der Waals surface area contributed by atoms with Crippen LogP contribution in [0.3, 0.4) is 0 Å². The van der Waals surface area contributed by atoms with E-state index in [-0.39, 0.29) is 5.60 Å². The number of likely N-dealkylation sites (N-methyl/N-ethyl adjacent to an activating group) is 1. The first-order chi connectivity index (χ1) is 20.2. The molecule has 4 heterocycles. The maximum Gasteiger partial charge on any atom is 0.229 e. The van der Waals surface area contributed by atoms with Crippen molar-refractivity contribution in [1.29, 1.82) is 0 Å². The number of nitrogens with zero attached hydrogens (tertiary/aromatic N) is 5. The average molecular weight is 637 g/mol. The van der Waals surface area contributed by atoms with Crippen LogP contribution in [0.2, 0.25) is 0 Å². The van der Waals surface area contributed by atoms with E-state index in [0.717, 1.165) is 46.9 Å². The predicted octanol–water partition coefficient (Wildman–Crippen LogP) is 5.97. The monoisotopic (exact) mass is 635 g/mol. The van der Waals surface area contributed by atoms with Crippen LogP contribution in [0.5, 0.6) is 11.5 Å². The first-order valence-electron chi connectivity index (χ1n) is 14.9. The number of piperidine rings is 1. The molecule has 0 bridgehead atoms. The molecule has 10 heteroatoms. The number of benzene rings is 2. The molecule has 0 radical (unpaired) electrons. The fraction of sp³-hybridized carbons (Fsp3) is 0.500. The summed E-state index contributed by atoms with van der Waals surface area (Å²) in [4.78, 5) is 17.0. The summed E-state index contributed by atoms with van der Waals surface area (Å²) in [5.41, 5.74) is 5.12. The number of hydrogen-bond acceptors (Lipinski definition) is 9. The molecular formula is C32H42BrN7O2. The highest BCUT2D eigenvalue weighted by molar-refractivity contribution is 9.10. The molecule has 0 saturated carbocycles. The van der Waals surface area contributed by atoms with Crippen LogP contribution in [-0.4, -0.2) is 84.8 Å². The second-order valence-corrected chi connectivity index (χ2v) is 13.2. The Kier molecular flexibility index (Phi) is 8.22. The van der Waals surface area contributed by atoms with Gasteiger partial charge >= 0.3 is 0 Å². The Morgan fingerprint density at radius 3 is 2.52 bits per heavy atom. The Balaban J connectivity index is 1.16. The van der Waals surface area contributed by atoms with Crippen molar-refractivity contribution in [2.45, 2.75) is 51.7 Å². The zero-order chi connectivity index (χ0) is 29.4. The molecule has 224 valence electrons. The number of rotatable bonds is 7. The standard InChI is InChI=1S/C32H42BrN7O2/c1-21-17-26(28(41-5)18-27(21)40-11-9-23(10-12-40)39-15-13-38(4)14-16-39)36-31-34-20-24(33)30(37-31)35-25-8-6-7-22-19-32(2,3)42-29(22)25/h6-8,17-18,20,23H,9-16,19H2,1-5H3,(H2,34,35,36,37). The molecule has 3 aromatic rings. The van der Waals surface area contributed by atoms with E-state index in [0.29, 0.717) is 17.8 Å². The zero-order valence-corrected chi connectivity index (χ0v) is 26.9. The number of fused-ring (bicyclic) bond motifs is 1. The van der Waals surface area contributed by atoms with E-state index in [1.165, 1.54) is 55.8 Å². The zero-order valence-electron chi connectivity index (χ0n) is 25.3. The number of nitrogens with one attached hydrogen (secondary N) is 2. The third kappa shape index (κ3) is 6.16. The van der Waals surface area contributed by atoms with Crippen LogP contribution in [-0.2, 0) is 6.42 Å². The largest absolute Gasteiger partial charge is 0.494 e. The first-order valence-corrected chi connectivity index (χ1v) is 15.7. The molecule has 0 unspecified atom stereocenters. The number of anilines is 5.